The second-order valence-corrected chi connectivity index (χ2v) is 5.74. The second kappa shape index (κ2) is 5.78. The molecular formula is C17H13ClN4O3. The summed E-state index contributed by atoms with van der Waals surface area (Å²) in [5, 5.41) is 10.7. The Balaban J connectivity index is 2.13. The van der Waals surface area contributed by atoms with E-state index in [4.69, 9.17) is 20.8 Å². The van der Waals surface area contributed by atoms with E-state index in [0.717, 1.165) is 5.76 Å². The van der Waals surface area contributed by atoms with Gasteiger partial charge in [-0.2, -0.15) is 0 Å². The summed E-state index contributed by atoms with van der Waals surface area (Å²) in [6, 6.07) is 8.59. The first kappa shape index (κ1) is 15.5. The minimum absolute atomic E-state index is 0.00459. The van der Waals surface area contributed by atoms with Crippen LogP contribution in [0.25, 0.3) is 28.6 Å². The number of para-hydroxylation sites is 1. The molecule has 3 aromatic heterocycles. The first-order chi connectivity index (χ1) is 12.1. The van der Waals surface area contributed by atoms with Crippen LogP contribution >= 0.6 is 11.6 Å². The van der Waals surface area contributed by atoms with Crippen LogP contribution in [0, 0.1) is 6.92 Å². The van der Waals surface area contributed by atoms with Crippen molar-refractivity contribution in [3.05, 3.63) is 47.4 Å². The summed E-state index contributed by atoms with van der Waals surface area (Å²) in [4.78, 5) is 13.0. The lowest BCUT2D eigenvalue weighted by molar-refractivity contribution is 0.405. The van der Waals surface area contributed by atoms with E-state index in [2.05, 4.69) is 15.0 Å². The summed E-state index contributed by atoms with van der Waals surface area (Å²) in [7, 11) is 1.52. The van der Waals surface area contributed by atoms with E-state index in [9.17, 15) is 5.11 Å². The second-order valence-electron chi connectivity index (χ2n) is 5.35. The molecule has 0 atom stereocenters. The molecule has 7 nitrogen and oxygen atoms in total. The summed E-state index contributed by atoms with van der Waals surface area (Å²) in [6.07, 6.45) is 1.42. The highest BCUT2D eigenvalue weighted by Gasteiger charge is 2.23. The van der Waals surface area contributed by atoms with Crippen LogP contribution in [-0.2, 0) is 0 Å². The van der Waals surface area contributed by atoms with Crippen LogP contribution in [0.4, 0.5) is 0 Å². The van der Waals surface area contributed by atoms with Gasteiger partial charge in [0.1, 0.15) is 28.1 Å². The predicted octanol–water partition coefficient (Wildman–Crippen LogP) is 3.75. The van der Waals surface area contributed by atoms with Gasteiger partial charge in [-0.25, -0.2) is 15.0 Å². The number of nitrogens with zero attached hydrogens (tertiary/aromatic N) is 4. The SMILES string of the molecule is COc1cccc(O)c1-n1c(-c2ccc(C)o2)nc2ncc(Cl)nc21. The molecule has 0 fully saturated rings. The van der Waals surface area contributed by atoms with Gasteiger partial charge in [0, 0.05) is 0 Å². The van der Waals surface area contributed by atoms with Gasteiger partial charge in [0.05, 0.1) is 13.3 Å². The summed E-state index contributed by atoms with van der Waals surface area (Å²) < 4.78 is 12.7. The van der Waals surface area contributed by atoms with Crippen LogP contribution in [0.5, 0.6) is 11.5 Å². The van der Waals surface area contributed by atoms with Gasteiger partial charge >= 0.3 is 0 Å². The summed E-state index contributed by atoms with van der Waals surface area (Å²) in [6.45, 7) is 1.84. The first-order valence-electron chi connectivity index (χ1n) is 7.42. The molecule has 0 aliphatic heterocycles. The number of phenols is 1. The molecule has 0 unspecified atom stereocenters. The zero-order chi connectivity index (χ0) is 17.6. The van der Waals surface area contributed by atoms with Gasteiger partial charge in [0.2, 0.25) is 0 Å². The molecule has 0 bridgehead atoms. The number of aromatic hydroxyl groups is 1. The number of hydrogen-bond acceptors (Lipinski definition) is 6. The lowest BCUT2D eigenvalue weighted by atomic mass is 10.2. The molecule has 4 aromatic rings. The van der Waals surface area contributed by atoms with Crippen LogP contribution in [0.2, 0.25) is 5.15 Å². The number of benzene rings is 1. The van der Waals surface area contributed by atoms with Crippen molar-refractivity contribution in [1.29, 1.82) is 0 Å². The average molecular weight is 357 g/mol. The molecule has 4 rings (SSSR count). The highest BCUT2D eigenvalue weighted by molar-refractivity contribution is 6.29. The van der Waals surface area contributed by atoms with Crippen LogP contribution < -0.4 is 4.74 Å². The van der Waals surface area contributed by atoms with Gasteiger partial charge in [-0.3, -0.25) is 4.57 Å². The number of imidazole rings is 1. The van der Waals surface area contributed by atoms with Gasteiger partial charge in [0.25, 0.3) is 0 Å². The van der Waals surface area contributed by atoms with Crippen LogP contribution in [0.3, 0.4) is 0 Å². The van der Waals surface area contributed by atoms with Gasteiger partial charge in [-0.1, -0.05) is 17.7 Å². The molecule has 25 heavy (non-hydrogen) atoms. The third-order valence-corrected chi connectivity index (χ3v) is 3.91. The number of methoxy groups -OCH3 is 1. The van der Waals surface area contributed by atoms with Crippen molar-refractivity contribution in [3.8, 4) is 28.8 Å². The van der Waals surface area contributed by atoms with Crippen molar-refractivity contribution in [1.82, 2.24) is 19.5 Å². The Kier molecular flexibility index (Phi) is 3.58. The molecule has 1 N–H and O–H groups in total. The van der Waals surface area contributed by atoms with E-state index in [0.29, 0.717) is 34.3 Å². The van der Waals surface area contributed by atoms with Gasteiger partial charge in [-0.15, -0.1) is 0 Å². The zero-order valence-electron chi connectivity index (χ0n) is 13.4. The first-order valence-corrected chi connectivity index (χ1v) is 7.80. The van der Waals surface area contributed by atoms with Crippen molar-refractivity contribution >= 4 is 22.9 Å². The van der Waals surface area contributed by atoms with Crippen molar-refractivity contribution in [3.63, 3.8) is 0 Å². The lowest BCUT2D eigenvalue weighted by Gasteiger charge is -2.13. The Hall–Kier alpha value is -3.06. The largest absolute Gasteiger partial charge is 0.506 e. The van der Waals surface area contributed by atoms with E-state index >= 15 is 0 Å². The molecule has 0 amide bonds. The number of fused-ring (bicyclic) bond motifs is 1. The van der Waals surface area contributed by atoms with E-state index < -0.39 is 0 Å². The molecule has 0 aliphatic carbocycles. The van der Waals surface area contributed by atoms with Crippen molar-refractivity contribution < 1.29 is 14.3 Å². The summed E-state index contributed by atoms with van der Waals surface area (Å²) in [5.74, 6) is 2.14. The molecule has 0 saturated heterocycles. The number of aryl methyl sites for hydroxylation is 1. The Morgan fingerprint density at radius 3 is 2.76 bits per heavy atom. The third-order valence-electron chi connectivity index (χ3n) is 3.72. The maximum atomic E-state index is 10.5. The standard InChI is InChI=1S/C17H13ClN4O3/c1-9-6-7-12(25-9)16-21-15-17(20-13(18)8-19-15)22(16)14-10(23)4-3-5-11(14)24-2/h3-8,23H,1-2H3. The van der Waals surface area contributed by atoms with E-state index in [1.165, 1.54) is 13.3 Å². The van der Waals surface area contributed by atoms with Crippen LogP contribution in [0.15, 0.2) is 40.9 Å². The maximum absolute atomic E-state index is 10.5. The van der Waals surface area contributed by atoms with Gasteiger partial charge < -0.3 is 14.3 Å². The quantitative estimate of drug-likeness (QED) is 0.601. The van der Waals surface area contributed by atoms with E-state index in [1.807, 2.05) is 13.0 Å². The molecule has 0 spiro atoms. The Labute approximate surface area is 147 Å². The predicted molar refractivity (Wildman–Crippen MR) is 92.3 cm³/mol. The fourth-order valence-electron chi connectivity index (χ4n) is 2.66. The number of furan rings is 1. The van der Waals surface area contributed by atoms with Crippen LogP contribution in [-0.4, -0.2) is 31.7 Å². The molecule has 3 heterocycles. The minimum atomic E-state index is 0.00459. The van der Waals surface area contributed by atoms with Gasteiger partial charge in [-0.05, 0) is 31.2 Å². The average Bonchev–Trinajstić information content (AvgIpc) is 3.18. The molecule has 0 saturated carbocycles. The zero-order valence-corrected chi connectivity index (χ0v) is 14.2. The Bertz CT molecular complexity index is 1090. The molecular weight excluding hydrogens is 344 g/mol. The number of halogens is 1. The fourth-order valence-corrected chi connectivity index (χ4v) is 2.79. The van der Waals surface area contributed by atoms with Gasteiger partial charge in [0.15, 0.2) is 22.9 Å². The monoisotopic (exact) mass is 356 g/mol. The number of ether oxygens (including phenoxy) is 1. The highest BCUT2D eigenvalue weighted by Crippen LogP contribution is 2.37. The highest BCUT2D eigenvalue weighted by atomic mass is 35.5. The fraction of sp³-hybridized carbons (Fsp3) is 0.118. The van der Waals surface area contributed by atoms with Crippen molar-refractivity contribution in [2.24, 2.45) is 0 Å². The van der Waals surface area contributed by atoms with Crippen molar-refractivity contribution in [2.75, 3.05) is 7.11 Å². The summed E-state index contributed by atoms with van der Waals surface area (Å²) >= 11 is 6.02. The van der Waals surface area contributed by atoms with E-state index in [-0.39, 0.29) is 10.9 Å². The third kappa shape index (κ3) is 2.49. The smallest absolute Gasteiger partial charge is 0.198 e. The Morgan fingerprint density at radius 1 is 1.20 bits per heavy atom. The molecule has 8 heteroatoms. The lowest BCUT2D eigenvalue weighted by Crippen LogP contribution is -2.02. The Morgan fingerprint density at radius 2 is 2.04 bits per heavy atom. The molecule has 126 valence electrons. The molecule has 0 aliphatic rings. The number of phenolic OH excluding ortho intramolecular Hbond substituents is 1. The molecule has 1 aromatic carbocycles. The summed E-state index contributed by atoms with van der Waals surface area (Å²) in [5.41, 5.74) is 1.14. The number of aromatic nitrogens is 4. The van der Waals surface area contributed by atoms with E-state index in [1.54, 1.807) is 28.8 Å². The number of hydrogen-bond donors (Lipinski definition) is 1. The maximum Gasteiger partial charge on any atom is 0.198 e. The van der Waals surface area contributed by atoms with Crippen molar-refractivity contribution in [2.45, 2.75) is 6.92 Å². The number of rotatable bonds is 3. The topological polar surface area (TPSA) is 86.2 Å². The minimum Gasteiger partial charge on any atom is -0.506 e. The van der Waals surface area contributed by atoms with Crippen LogP contribution in [0.1, 0.15) is 5.76 Å². The normalized spacial score (nSPS) is 11.2. The molecule has 0 radical (unpaired) electrons.